The Morgan fingerprint density at radius 3 is 0.934 bits per heavy atom. The number of benzene rings is 4. The van der Waals surface area contributed by atoms with Gasteiger partial charge in [-0.1, -0.05) is 317 Å². The van der Waals surface area contributed by atoms with Gasteiger partial charge in [0.15, 0.2) is 0 Å². The number of rotatable bonds is 46. The molecule has 0 amide bonds. The van der Waals surface area contributed by atoms with Crippen molar-refractivity contribution in [1.29, 1.82) is 0 Å². The van der Waals surface area contributed by atoms with Crippen LogP contribution >= 0.6 is 118 Å². The Bertz CT molecular complexity index is 3040. The molecule has 2 aromatic heterocycles. The number of hydrogen-bond acceptors (Lipinski definition) is 14. The van der Waals surface area contributed by atoms with Gasteiger partial charge in [0.1, 0.15) is 22.1 Å². The molecule has 4 nitrogen and oxygen atoms in total. The molecule has 4 aromatic carbocycles. The third kappa shape index (κ3) is 21.1. The first kappa shape index (κ1) is 73.5. The van der Waals surface area contributed by atoms with Gasteiger partial charge in [0, 0.05) is 27.7 Å². The average molecular weight is 1410 g/mol. The maximum absolute atomic E-state index is 5.15. The Morgan fingerprint density at radius 1 is 0.319 bits per heavy atom. The van der Waals surface area contributed by atoms with Crippen LogP contribution in [0, 0.1) is 0 Å². The Kier molecular flexibility index (Phi) is 33.0. The van der Waals surface area contributed by atoms with Crippen molar-refractivity contribution in [2.75, 3.05) is 23.0 Å². The van der Waals surface area contributed by atoms with Gasteiger partial charge in [0.25, 0.3) is 0 Å². The first-order valence-corrected chi connectivity index (χ1v) is 44.5. The summed E-state index contributed by atoms with van der Waals surface area (Å²) in [6.07, 6.45) is 49.3. The third-order valence-corrected chi connectivity index (χ3v) is 30.5. The molecular formula is C77H106N4S10. The van der Waals surface area contributed by atoms with Gasteiger partial charge in [-0.05, 0) is 119 Å². The Balaban J connectivity index is 1.04. The number of aromatic nitrogens is 4. The molecule has 4 heterocycles. The first-order chi connectivity index (χ1) is 44.9. The zero-order chi connectivity index (χ0) is 63.3. The van der Waals surface area contributed by atoms with Crippen LogP contribution in [0.25, 0.3) is 67.6 Å². The van der Waals surface area contributed by atoms with E-state index in [9.17, 15) is 0 Å². The van der Waals surface area contributed by atoms with Crippen LogP contribution in [-0.2, 0) is 5.41 Å². The summed E-state index contributed by atoms with van der Waals surface area (Å²) in [6, 6.07) is 24.5. The number of thioether (sulfide) groups is 8. The summed E-state index contributed by atoms with van der Waals surface area (Å²) < 4.78 is 29.2. The molecule has 0 spiro atoms. The monoisotopic (exact) mass is 1410 g/mol. The number of hydrogen-bond donors (Lipinski definition) is 0. The predicted octanol–water partition coefficient (Wildman–Crippen LogP) is 29.4. The molecule has 2 aliphatic heterocycles. The summed E-state index contributed by atoms with van der Waals surface area (Å²) in [5.41, 5.74) is 17.2. The average Bonchev–Trinajstić information content (AvgIpc) is 1.57. The Hall–Kier alpha value is -1.72. The van der Waals surface area contributed by atoms with E-state index in [0.717, 1.165) is 34.9 Å². The van der Waals surface area contributed by atoms with E-state index in [4.69, 9.17) is 17.5 Å². The second kappa shape index (κ2) is 40.9. The van der Waals surface area contributed by atoms with E-state index < -0.39 is 0 Å². The lowest BCUT2D eigenvalue weighted by Crippen LogP contribution is -2.25. The Labute approximate surface area is 593 Å². The van der Waals surface area contributed by atoms with E-state index in [-0.39, 0.29) is 5.41 Å². The number of unbranched alkanes of at least 4 members (excludes halogenated alkanes) is 26. The van der Waals surface area contributed by atoms with Gasteiger partial charge in [0.05, 0.1) is 48.9 Å². The van der Waals surface area contributed by atoms with Crippen LogP contribution in [0.2, 0.25) is 0 Å². The largest absolute Gasteiger partial charge is 0.172 e. The lowest BCUT2D eigenvalue weighted by atomic mass is 9.70. The summed E-state index contributed by atoms with van der Waals surface area (Å²) in [4.78, 5) is 0. The predicted molar refractivity (Wildman–Crippen MR) is 427 cm³/mol. The molecule has 0 saturated carbocycles. The SMILES string of the molecule is CCCCCCCCCCC1(CCCCCCCCCC)c2cc(-c3ccc(C=C4SC(SCCCCCC)=C(SCCCCCC)S4)c4nsnc34)ccc2-c2ccc(-c3ccc(C=C4SC(SCCCCCC)=C(SCCCCCC)S4)c4nsnc34)cc21. The minimum atomic E-state index is -0.114. The second-order valence-corrected chi connectivity index (χ2v) is 36.7. The first-order valence-electron chi connectivity index (χ1n) is 35.9. The maximum Gasteiger partial charge on any atom is 0.113 e. The van der Waals surface area contributed by atoms with Crippen LogP contribution in [0.15, 0.2) is 86.1 Å². The van der Waals surface area contributed by atoms with Crippen LogP contribution in [0.1, 0.15) is 282 Å². The van der Waals surface area contributed by atoms with Gasteiger partial charge in [0.2, 0.25) is 0 Å². The summed E-state index contributed by atoms with van der Waals surface area (Å²) >= 11 is 19.1. The van der Waals surface area contributed by atoms with E-state index in [1.54, 1.807) is 0 Å². The standard InChI is InChI=1S/C77H106N4S10/c1-7-13-19-25-27-29-31-33-47-77(48-34-32-30-28-26-20-14-8-2)65-53-57(61-43-41-59(69-71(61)80-90-78-69)55-67-86-73(82-49-35-21-15-9-3)74(87-67)83-50-36-22-16-10-4)39-45-63(65)64-46-40-58(54-66(64)77)62-44-42-60(70-72(62)81-91-79-70)56-68-88-75(84-51-37-23-17-11-5)76(89-68)85-52-38-24-18-12-6/h39-46,53-56H,7-38,47-52H2,1-6H3. The lowest BCUT2D eigenvalue weighted by Gasteiger charge is -2.33. The molecule has 3 aliphatic rings. The molecule has 14 heteroatoms. The van der Waals surface area contributed by atoms with Crippen molar-refractivity contribution < 1.29 is 0 Å². The normalized spacial score (nSPS) is 14.6. The molecule has 0 saturated heterocycles. The molecule has 91 heavy (non-hydrogen) atoms. The van der Waals surface area contributed by atoms with Gasteiger partial charge in [-0.25, -0.2) is 0 Å². The molecule has 0 unspecified atom stereocenters. The molecule has 0 N–H and O–H groups in total. The van der Waals surface area contributed by atoms with Gasteiger partial charge < -0.3 is 0 Å². The van der Waals surface area contributed by atoms with E-state index in [0.29, 0.717) is 0 Å². The van der Waals surface area contributed by atoms with E-state index in [1.165, 1.54) is 333 Å². The van der Waals surface area contributed by atoms with Crippen molar-refractivity contribution in [2.24, 2.45) is 0 Å². The highest BCUT2D eigenvalue weighted by atomic mass is 32.3. The summed E-state index contributed by atoms with van der Waals surface area (Å²) in [7, 11) is 0. The van der Waals surface area contributed by atoms with Crippen molar-refractivity contribution in [3.8, 4) is 33.4 Å². The van der Waals surface area contributed by atoms with Crippen LogP contribution < -0.4 is 0 Å². The van der Waals surface area contributed by atoms with Gasteiger partial charge in [-0.15, -0.1) is 47.0 Å². The van der Waals surface area contributed by atoms with Crippen LogP contribution in [0.3, 0.4) is 0 Å². The molecule has 494 valence electrons. The van der Waals surface area contributed by atoms with Crippen molar-refractivity contribution in [2.45, 2.75) is 265 Å². The smallest absolute Gasteiger partial charge is 0.113 e. The lowest BCUT2D eigenvalue weighted by molar-refractivity contribution is 0.397. The highest BCUT2D eigenvalue weighted by Crippen LogP contribution is 2.61. The number of fused-ring (bicyclic) bond motifs is 5. The van der Waals surface area contributed by atoms with E-state index in [2.05, 4.69) is 161 Å². The molecule has 6 aromatic rings. The topological polar surface area (TPSA) is 51.6 Å². The summed E-state index contributed by atoms with van der Waals surface area (Å²) in [5, 5.41) is 0. The summed E-state index contributed by atoms with van der Waals surface area (Å²) in [6.45, 7) is 13.9. The fraction of sp³-hybridized carbons (Fsp3) is 0.584. The van der Waals surface area contributed by atoms with Crippen molar-refractivity contribution in [1.82, 2.24) is 17.5 Å². The fourth-order valence-corrected chi connectivity index (χ4v) is 26.1. The minimum Gasteiger partial charge on any atom is -0.172 e. The van der Waals surface area contributed by atoms with Gasteiger partial charge in [-0.3, -0.25) is 0 Å². The van der Waals surface area contributed by atoms with E-state index >= 15 is 0 Å². The molecular weight excluding hydrogens is 1300 g/mol. The van der Waals surface area contributed by atoms with Crippen molar-refractivity contribution in [3.63, 3.8) is 0 Å². The van der Waals surface area contributed by atoms with Crippen LogP contribution in [0.5, 0.6) is 0 Å². The molecule has 0 radical (unpaired) electrons. The van der Waals surface area contributed by atoms with Crippen molar-refractivity contribution in [3.05, 3.63) is 108 Å². The van der Waals surface area contributed by atoms with Crippen LogP contribution in [-0.4, -0.2) is 40.5 Å². The van der Waals surface area contributed by atoms with Gasteiger partial charge >= 0.3 is 0 Å². The highest BCUT2D eigenvalue weighted by Gasteiger charge is 2.43. The maximum atomic E-state index is 5.15. The second-order valence-electron chi connectivity index (χ2n) is 25.5. The zero-order valence-corrected chi connectivity index (χ0v) is 64.3. The third-order valence-electron chi connectivity index (χ3n) is 18.4. The van der Waals surface area contributed by atoms with E-state index in [1.807, 2.05) is 47.0 Å². The van der Waals surface area contributed by atoms with Gasteiger partial charge in [-0.2, -0.15) is 17.5 Å². The van der Waals surface area contributed by atoms with Crippen molar-refractivity contribution >= 4 is 152 Å². The molecule has 0 atom stereocenters. The van der Waals surface area contributed by atoms with Crippen LogP contribution in [0.4, 0.5) is 0 Å². The Morgan fingerprint density at radius 2 is 0.604 bits per heavy atom. The molecule has 0 bridgehead atoms. The molecule has 0 fully saturated rings. The molecule has 1 aliphatic carbocycles. The highest BCUT2D eigenvalue weighted by molar-refractivity contribution is 8.41. The number of nitrogens with zero attached hydrogens (tertiary/aromatic N) is 4. The molecule has 9 rings (SSSR count). The quantitative estimate of drug-likeness (QED) is 0.0342. The minimum absolute atomic E-state index is 0.114. The fourth-order valence-electron chi connectivity index (χ4n) is 13.2. The summed E-state index contributed by atoms with van der Waals surface area (Å²) in [5.74, 6) is 4.81. The zero-order valence-electron chi connectivity index (χ0n) is 56.2.